The maximum Gasteiger partial charge on any atom is 0.460 e. The van der Waals surface area contributed by atoms with E-state index in [0.29, 0.717) is 0 Å². The predicted octanol–water partition coefficient (Wildman–Crippen LogP) is 6.17. The first-order valence-electron chi connectivity index (χ1n) is 7.60. The lowest BCUT2D eigenvalue weighted by Gasteiger charge is -2.44. The zero-order valence-electron chi connectivity index (χ0n) is 14.5. The molecule has 0 saturated carbocycles. The number of aldehydes is 1. The van der Waals surface area contributed by atoms with Gasteiger partial charge in [-0.1, -0.05) is 30.3 Å². The average molecular weight is 466 g/mol. The Bertz CT molecular complexity index is 754. The standard InChI is InChI=1S/C16H11F13O/c1-10(8-30,7-9-5-3-2-4-6-9)11(17,18)12(19,20)13(21,22)14(23,24)15(25,26)16(27,28)29/h2-6,8H,7H2,1H3. The van der Waals surface area contributed by atoms with Gasteiger partial charge in [0, 0.05) is 0 Å². The van der Waals surface area contributed by atoms with Crippen molar-refractivity contribution in [2.45, 2.75) is 49.1 Å². The van der Waals surface area contributed by atoms with Crippen LogP contribution in [0.3, 0.4) is 0 Å². The highest BCUT2D eigenvalue weighted by Gasteiger charge is 2.92. The molecule has 1 atom stereocenters. The molecule has 1 aromatic rings. The van der Waals surface area contributed by atoms with Crippen molar-refractivity contribution in [2.24, 2.45) is 5.41 Å². The molecule has 1 nitrogen and oxygen atoms in total. The monoisotopic (exact) mass is 466 g/mol. The molecule has 0 aliphatic heterocycles. The second-order valence-corrected chi connectivity index (χ2v) is 6.57. The van der Waals surface area contributed by atoms with Crippen molar-refractivity contribution in [1.29, 1.82) is 0 Å². The van der Waals surface area contributed by atoms with Crippen molar-refractivity contribution in [3.8, 4) is 0 Å². The summed E-state index contributed by atoms with van der Waals surface area (Å²) in [4.78, 5) is 11.1. The number of carbonyl (C=O) groups is 1. The van der Waals surface area contributed by atoms with E-state index in [0.717, 1.165) is 24.3 Å². The van der Waals surface area contributed by atoms with Crippen molar-refractivity contribution in [3.63, 3.8) is 0 Å². The molecule has 172 valence electrons. The minimum absolute atomic E-state index is 0.0585. The van der Waals surface area contributed by atoms with Crippen LogP contribution in [0.4, 0.5) is 57.1 Å². The molecule has 0 radical (unpaired) electrons. The van der Waals surface area contributed by atoms with Gasteiger partial charge < -0.3 is 4.79 Å². The molecule has 0 fully saturated rings. The van der Waals surface area contributed by atoms with E-state index in [2.05, 4.69) is 0 Å². The van der Waals surface area contributed by atoms with Crippen LogP contribution in [-0.2, 0) is 11.2 Å². The van der Waals surface area contributed by atoms with Crippen LogP contribution in [0.1, 0.15) is 12.5 Å². The lowest BCUT2D eigenvalue weighted by atomic mass is 9.74. The molecule has 0 spiro atoms. The lowest BCUT2D eigenvalue weighted by molar-refractivity contribution is -0.445. The summed E-state index contributed by atoms with van der Waals surface area (Å²) in [6, 6.07) is 5.50. The first-order chi connectivity index (χ1) is 13.1. The largest absolute Gasteiger partial charge is 0.460 e. The number of carbonyl (C=O) groups excluding carboxylic acids is 1. The fraction of sp³-hybridized carbons (Fsp3) is 0.562. The van der Waals surface area contributed by atoms with Gasteiger partial charge in [0.2, 0.25) is 0 Å². The highest BCUT2D eigenvalue weighted by Crippen LogP contribution is 2.62. The molecule has 0 aliphatic carbocycles. The first kappa shape index (κ1) is 26.0. The maximum absolute atomic E-state index is 14.3. The Morgan fingerprint density at radius 2 is 1.00 bits per heavy atom. The third kappa shape index (κ3) is 3.51. The molecule has 1 aromatic carbocycles. The lowest BCUT2D eigenvalue weighted by Crippen LogP contribution is -2.72. The van der Waals surface area contributed by atoms with Gasteiger partial charge >= 0.3 is 35.8 Å². The van der Waals surface area contributed by atoms with Crippen LogP contribution < -0.4 is 0 Å². The Hall–Kier alpha value is -2.02. The fourth-order valence-corrected chi connectivity index (χ4v) is 2.37. The second-order valence-electron chi connectivity index (χ2n) is 6.57. The van der Waals surface area contributed by atoms with Gasteiger partial charge in [0.05, 0.1) is 5.41 Å². The van der Waals surface area contributed by atoms with Crippen molar-refractivity contribution >= 4 is 6.29 Å². The molecule has 1 unspecified atom stereocenters. The number of halogens is 13. The summed E-state index contributed by atoms with van der Waals surface area (Å²) >= 11 is 0. The molecule has 0 aromatic heterocycles. The Morgan fingerprint density at radius 3 is 1.37 bits per heavy atom. The summed E-state index contributed by atoms with van der Waals surface area (Å²) < 4.78 is 172. The van der Waals surface area contributed by atoms with Gasteiger partial charge in [-0.25, -0.2) is 0 Å². The van der Waals surface area contributed by atoms with Gasteiger partial charge in [0.1, 0.15) is 6.29 Å². The fourth-order valence-electron chi connectivity index (χ4n) is 2.37. The molecular formula is C16H11F13O. The van der Waals surface area contributed by atoms with E-state index in [9.17, 15) is 61.9 Å². The number of benzene rings is 1. The van der Waals surface area contributed by atoms with E-state index >= 15 is 0 Å². The highest BCUT2D eigenvalue weighted by atomic mass is 19.4. The topological polar surface area (TPSA) is 17.1 Å². The van der Waals surface area contributed by atoms with Crippen LogP contribution in [0.25, 0.3) is 0 Å². The Balaban J connectivity index is 3.59. The van der Waals surface area contributed by atoms with Crippen LogP contribution in [-0.4, -0.2) is 42.1 Å². The van der Waals surface area contributed by atoms with Crippen LogP contribution >= 0.6 is 0 Å². The van der Waals surface area contributed by atoms with E-state index in [4.69, 9.17) is 0 Å². The van der Waals surface area contributed by atoms with Crippen molar-refractivity contribution in [3.05, 3.63) is 35.9 Å². The summed E-state index contributed by atoms with van der Waals surface area (Å²) in [6.45, 7) is -0.0585. The highest BCUT2D eigenvalue weighted by molar-refractivity contribution is 5.62. The van der Waals surface area contributed by atoms with Crippen molar-refractivity contribution < 1.29 is 61.9 Å². The third-order valence-corrected chi connectivity index (χ3v) is 4.32. The minimum atomic E-state index is -8.00. The van der Waals surface area contributed by atoms with E-state index < -0.39 is 53.9 Å². The van der Waals surface area contributed by atoms with Crippen LogP contribution in [0.15, 0.2) is 30.3 Å². The molecule has 1 rings (SSSR count). The van der Waals surface area contributed by atoms with E-state index in [1.807, 2.05) is 0 Å². The van der Waals surface area contributed by atoms with Crippen molar-refractivity contribution in [1.82, 2.24) is 0 Å². The summed E-state index contributed by atoms with van der Waals surface area (Å²) in [6.07, 6.45) is -9.94. The van der Waals surface area contributed by atoms with Crippen molar-refractivity contribution in [2.75, 3.05) is 0 Å². The number of rotatable bonds is 8. The van der Waals surface area contributed by atoms with Gasteiger partial charge in [-0.3, -0.25) is 0 Å². The number of alkyl halides is 13. The van der Waals surface area contributed by atoms with E-state index in [1.165, 1.54) is 6.07 Å². The maximum atomic E-state index is 14.3. The molecule has 30 heavy (non-hydrogen) atoms. The van der Waals surface area contributed by atoms with E-state index in [1.54, 1.807) is 0 Å². The molecule has 0 N–H and O–H groups in total. The third-order valence-electron chi connectivity index (χ3n) is 4.32. The van der Waals surface area contributed by atoms with Gasteiger partial charge in [0.15, 0.2) is 0 Å². The predicted molar refractivity (Wildman–Crippen MR) is 75.1 cm³/mol. The zero-order valence-corrected chi connectivity index (χ0v) is 14.5. The molecule has 0 aliphatic rings. The SMILES string of the molecule is CC(C=O)(Cc1ccccc1)C(F)(F)C(F)(F)C(F)(F)C(F)(F)C(F)(F)C(F)(F)F. The summed E-state index contributed by atoms with van der Waals surface area (Å²) in [5.41, 5.74) is -4.25. The molecule has 0 heterocycles. The van der Waals surface area contributed by atoms with E-state index in [-0.39, 0.29) is 12.5 Å². The molecule has 14 heteroatoms. The van der Waals surface area contributed by atoms with Gasteiger partial charge in [0.25, 0.3) is 0 Å². The Labute approximate surface area is 159 Å². The average Bonchev–Trinajstić information content (AvgIpc) is 2.60. The summed E-state index contributed by atoms with van der Waals surface area (Å²) in [5, 5.41) is 0. The minimum Gasteiger partial charge on any atom is -0.303 e. The van der Waals surface area contributed by atoms with Crippen LogP contribution in [0, 0.1) is 5.41 Å². The van der Waals surface area contributed by atoms with Crippen LogP contribution in [0.2, 0.25) is 0 Å². The smallest absolute Gasteiger partial charge is 0.303 e. The Morgan fingerprint density at radius 1 is 0.633 bits per heavy atom. The second kappa shape index (κ2) is 7.29. The molecule has 0 saturated heterocycles. The summed E-state index contributed by atoms with van der Waals surface area (Å²) in [5.74, 6) is -37.7. The zero-order chi connectivity index (χ0) is 24.0. The quantitative estimate of drug-likeness (QED) is 0.331. The Kier molecular flexibility index (Phi) is 6.32. The number of hydrogen-bond donors (Lipinski definition) is 0. The molecule has 0 bridgehead atoms. The number of hydrogen-bond acceptors (Lipinski definition) is 1. The molecular weight excluding hydrogens is 455 g/mol. The van der Waals surface area contributed by atoms with Gasteiger partial charge in [-0.05, 0) is 18.9 Å². The normalized spacial score (nSPS) is 16.9. The summed E-state index contributed by atoms with van der Waals surface area (Å²) in [7, 11) is 0. The van der Waals surface area contributed by atoms with Gasteiger partial charge in [-0.15, -0.1) is 0 Å². The van der Waals surface area contributed by atoms with Gasteiger partial charge in [-0.2, -0.15) is 57.1 Å². The first-order valence-corrected chi connectivity index (χ1v) is 7.60. The molecule has 0 amide bonds. The van der Waals surface area contributed by atoms with Crippen LogP contribution in [0.5, 0.6) is 0 Å².